The summed E-state index contributed by atoms with van der Waals surface area (Å²) in [6, 6.07) is 8.19. The molecular formula is C16H24N2O. The maximum Gasteiger partial charge on any atom is 0.244 e. The van der Waals surface area contributed by atoms with Gasteiger partial charge in [-0.1, -0.05) is 32.0 Å². The summed E-state index contributed by atoms with van der Waals surface area (Å²) in [5, 5.41) is 3.37. The summed E-state index contributed by atoms with van der Waals surface area (Å²) >= 11 is 0. The summed E-state index contributed by atoms with van der Waals surface area (Å²) in [5.41, 5.74) is 2.43. The Morgan fingerprint density at radius 1 is 1.42 bits per heavy atom. The van der Waals surface area contributed by atoms with Crippen LogP contribution in [0.4, 0.5) is 5.69 Å². The van der Waals surface area contributed by atoms with Gasteiger partial charge in [0.25, 0.3) is 0 Å². The maximum atomic E-state index is 12.4. The Balaban J connectivity index is 1.95. The van der Waals surface area contributed by atoms with E-state index in [-0.39, 0.29) is 11.9 Å². The molecule has 1 N–H and O–H groups in total. The zero-order valence-corrected chi connectivity index (χ0v) is 12.1. The number of aryl methyl sites for hydroxylation is 1. The number of hydrogen-bond acceptors (Lipinski definition) is 2. The zero-order valence-electron chi connectivity index (χ0n) is 12.1. The third-order valence-corrected chi connectivity index (χ3v) is 3.77. The molecule has 0 aliphatic carbocycles. The van der Waals surface area contributed by atoms with Crippen LogP contribution in [0.1, 0.15) is 32.3 Å². The summed E-state index contributed by atoms with van der Waals surface area (Å²) < 4.78 is 0. The van der Waals surface area contributed by atoms with Gasteiger partial charge in [0.05, 0.1) is 0 Å². The number of amides is 1. The van der Waals surface area contributed by atoms with Crippen molar-refractivity contribution in [2.75, 3.05) is 18.9 Å². The van der Waals surface area contributed by atoms with Gasteiger partial charge in [-0.3, -0.25) is 4.79 Å². The van der Waals surface area contributed by atoms with Gasteiger partial charge in [-0.2, -0.15) is 0 Å². The molecule has 19 heavy (non-hydrogen) atoms. The molecule has 1 heterocycles. The molecule has 3 heteroatoms. The van der Waals surface area contributed by atoms with Crippen LogP contribution < -0.4 is 5.32 Å². The van der Waals surface area contributed by atoms with Crippen LogP contribution in [0.5, 0.6) is 0 Å². The third-order valence-electron chi connectivity index (χ3n) is 3.77. The number of rotatable bonds is 4. The minimum absolute atomic E-state index is 0.0629. The number of nitrogens with one attached hydrogen (secondary N) is 1. The molecule has 0 fully saturated rings. The highest BCUT2D eigenvalue weighted by Crippen LogP contribution is 2.24. The highest BCUT2D eigenvalue weighted by molar-refractivity contribution is 5.85. The molecule has 104 valence electrons. The average Bonchev–Trinajstić information content (AvgIpc) is 2.43. The van der Waals surface area contributed by atoms with Gasteiger partial charge < -0.3 is 10.2 Å². The summed E-state index contributed by atoms with van der Waals surface area (Å²) in [6.07, 6.45) is 2.94. The predicted octanol–water partition coefficient (Wildman–Crippen LogP) is 2.92. The quantitative estimate of drug-likeness (QED) is 0.902. The Morgan fingerprint density at radius 3 is 2.89 bits per heavy atom. The highest BCUT2D eigenvalue weighted by atomic mass is 16.2. The monoisotopic (exact) mass is 260 g/mol. The first-order valence-corrected chi connectivity index (χ1v) is 7.17. The second-order valence-corrected chi connectivity index (χ2v) is 5.84. The van der Waals surface area contributed by atoms with Crippen LogP contribution in [-0.4, -0.2) is 30.4 Å². The van der Waals surface area contributed by atoms with Gasteiger partial charge >= 0.3 is 0 Å². The highest BCUT2D eigenvalue weighted by Gasteiger charge is 2.25. The zero-order chi connectivity index (χ0) is 13.8. The minimum Gasteiger partial charge on any atom is -0.373 e. The fourth-order valence-electron chi connectivity index (χ4n) is 2.45. The van der Waals surface area contributed by atoms with Gasteiger partial charge in [-0.05, 0) is 36.8 Å². The Hall–Kier alpha value is -1.51. The van der Waals surface area contributed by atoms with Gasteiger partial charge in [-0.15, -0.1) is 0 Å². The lowest BCUT2D eigenvalue weighted by atomic mass is 9.97. The molecule has 0 radical (unpaired) electrons. The first-order valence-electron chi connectivity index (χ1n) is 7.17. The van der Waals surface area contributed by atoms with Crippen LogP contribution in [0, 0.1) is 5.92 Å². The molecule has 0 bridgehead atoms. The van der Waals surface area contributed by atoms with Crippen molar-refractivity contribution in [3.05, 3.63) is 29.8 Å². The van der Waals surface area contributed by atoms with Crippen molar-refractivity contribution in [3.8, 4) is 0 Å². The van der Waals surface area contributed by atoms with Crippen LogP contribution in [-0.2, 0) is 11.2 Å². The molecule has 1 aromatic carbocycles. The molecule has 1 unspecified atom stereocenters. The number of carbonyl (C=O) groups is 1. The first kappa shape index (κ1) is 13.9. The van der Waals surface area contributed by atoms with E-state index in [1.165, 1.54) is 5.56 Å². The van der Waals surface area contributed by atoms with E-state index in [1.54, 1.807) is 0 Å². The van der Waals surface area contributed by atoms with Crippen molar-refractivity contribution in [2.24, 2.45) is 5.92 Å². The van der Waals surface area contributed by atoms with E-state index in [2.05, 4.69) is 37.4 Å². The van der Waals surface area contributed by atoms with E-state index in [9.17, 15) is 4.79 Å². The Labute approximate surface area is 116 Å². The standard InChI is InChI=1S/C16H24N2O/c1-12(2)10-11-18(3)16(19)15-9-8-13-6-4-5-7-14(13)17-15/h4-7,12,15,17H,8-11H2,1-3H3. The minimum atomic E-state index is -0.0629. The Kier molecular flexibility index (Phi) is 4.46. The molecule has 2 rings (SSSR count). The number of hydrogen-bond donors (Lipinski definition) is 1. The molecule has 1 atom stereocenters. The van der Waals surface area contributed by atoms with Crippen LogP contribution in [0.25, 0.3) is 0 Å². The lowest BCUT2D eigenvalue weighted by molar-refractivity contribution is -0.131. The summed E-state index contributed by atoms with van der Waals surface area (Å²) in [7, 11) is 1.91. The SMILES string of the molecule is CC(C)CCN(C)C(=O)C1CCc2ccccc2N1. The van der Waals surface area contributed by atoms with Crippen molar-refractivity contribution < 1.29 is 4.79 Å². The number of carbonyl (C=O) groups excluding carboxylic acids is 1. The smallest absolute Gasteiger partial charge is 0.244 e. The number of benzene rings is 1. The van der Waals surface area contributed by atoms with Crippen molar-refractivity contribution in [3.63, 3.8) is 0 Å². The second kappa shape index (κ2) is 6.09. The second-order valence-electron chi connectivity index (χ2n) is 5.84. The molecule has 1 aromatic rings. The largest absolute Gasteiger partial charge is 0.373 e. The molecule has 3 nitrogen and oxygen atoms in total. The number of fused-ring (bicyclic) bond motifs is 1. The van der Waals surface area contributed by atoms with Gasteiger partial charge in [0.2, 0.25) is 5.91 Å². The Bertz CT molecular complexity index is 442. The number of para-hydroxylation sites is 1. The molecule has 0 spiro atoms. The van der Waals surface area contributed by atoms with Crippen molar-refractivity contribution in [1.82, 2.24) is 4.90 Å². The van der Waals surface area contributed by atoms with Crippen molar-refractivity contribution in [2.45, 2.75) is 39.2 Å². The lowest BCUT2D eigenvalue weighted by Gasteiger charge is -2.30. The van der Waals surface area contributed by atoms with E-state index in [4.69, 9.17) is 0 Å². The van der Waals surface area contributed by atoms with E-state index >= 15 is 0 Å². The van der Waals surface area contributed by atoms with Crippen molar-refractivity contribution >= 4 is 11.6 Å². The number of nitrogens with zero attached hydrogens (tertiary/aromatic N) is 1. The molecule has 1 aliphatic heterocycles. The molecule has 0 aromatic heterocycles. The molecule has 1 aliphatic rings. The molecule has 0 saturated heterocycles. The van der Waals surface area contributed by atoms with Gasteiger partial charge in [0, 0.05) is 19.3 Å². The maximum absolute atomic E-state index is 12.4. The lowest BCUT2D eigenvalue weighted by Crippen LogP contribution is -2.43. The number of anilines is 1. The summed E-state index contributed by atoms with van der Waals surface area (Å²) in [6.45, 7) is 5.22. The molecular weight excluding hydrogens is 236 g/mol. The van der Waals surface area contributed by atoms with Crippen LogP contribution in [0.3, 0.4) is 0 Å². The topological polar surface area (TPSA) is 32.3 Å². The van der Waals surface area contributed by atoms with Crippen LogP contribution >= 0.6 is 0 Å². The normalized spacial score (nSPS) is 17.8. The van der Waals surface area contributed by atoms with E-state index in [1.807, 2.05) is 18.0 Å². The van der Waals surface area contributed by atoms with E-state index in [0.717, 1.165) is 31.5 Å². The van der Waals surface area contributed by atoms with Gasteiger partial charge in [0.15, 0.2) is 0 Å². The summed E-state index contributed by atoms with van der Waals surface area (Å²) in [4.78, 5) is 14.3. The first-order chi connectivity index (χ1) is 9.08. The van der Waals surface area contributed by atoms with Crippen molar-refractivity contribution in [1.29, 1.82) is 0 Å². The van der Waals surface area contributed by atoms with Gasteiger partial charge in [-0.25, -0.2) is 0 Å². The van der Waals surface area contributed by atoms with E-state index in [0.29, 0.717) is 5.92 Å². The van der Waals surface area contributed by atoms with E-state index < -0.39 is 0 Å². The fraction of sp³-hybridized carbons (Fsp3) is 0.562. The number of likely N-dealkylation sites (N-methyl/N-ethyl adjacent to an activating group) is 1. The van der Waals surface area contributed by atoms with Gasteiger partial charge in [0.1, 0.15) is 6.04 Å². The van der Waals surface area contributed by atoms with Crippen LogP contribution in [0.2, 0.25) is 0 Å². The average molecular weight is 260 g/mol. The third kappa shape index (κ3) is 3.49. The fourth-order valence-corrected chi connectivity index (χ4v) is 2.45. The summed E-state index contributed by atoms with van der Waals surface area (Å²) in [5.74, 6) is 0.852. The predicted molar refractivity (Wildman–Crippen MR) is 79.3 cm³/mol. The van der Waals surface area contributed by atoms with Crippen LogP contribution in [0.15, 0.2) is 24.3 Å². The molecule has 0 saturated carbocycles. The Morgan fingerprint density at radius 2 is 2.16 bits per heavy atom. The molecule has 1 amide bonds.